The van der Waals surface area contributed by atoms with Gasteiger partial charge in [-0.05, 0) is 30.5 Å². The minimum absolute atomic E-state index is 0.00365. The number of rotatable bonds is 4. The molecule has 19 heavy (non-hydrogen) atoms. The fourth-order valence-electron chi connectivity index (χ4n) is 1.85. The Balaban J connectivity index is 2.05. The highest BCUT2D eigenvalue weighted by atomic mass is 32.1. The van der Waals surface area contributed by atoms with E-state index in [0.29, 0.717) is 0 Å². The second-order valence-corrected chi connectivity index (χ2v) is 5.53. The summed E-state index contributed by atoms with van der Waals surface area (Å²) in [6, 6.07) is 7.27. The summed E-state index contributed by atoms with van der Waals surface area (Å²) >= 11 is 1.66. The molecule has 0 bridgehead atoms. The lowest BCUT2D eigenvalue weighted by atomic mass is 10.2. The van der Waals surface area contributed by atoms with Crippen LogP contribution in [0.1, 0.15) is 22.2 Å². The number of carbonyl (C=O) groups is 1. The van der Waals surface area contributed by atoms with E-state index in [2.05, 4.69) is 5.32 Å². The number of thiophene rings is 1. The summed E-state index contributed by atoms with van der Waals surface area (Å²) in [5.41, 5.74) is -0.0913. The Morgan fingerprint density at radius 2 is 2.21 bits per heavy atom. The van der Waals surface area contributed by atoms with Gasteiger partial charge < -0.3 is 9.88 Å². The summed E-state index contributed by atoms with van der Waals surface area (Å²) in [5, 5.41) is 4.87. The van der Waals surface area contributed by atoms with E-state index in [1.165, 1.54) is 9.44 Å². The third-order valence-electron chi connectivity index (χ3n) is 2.83. The average Bonchev–Trinajstić information content (AvgIpc) is 2.85. The molecular formula is C14H16N2O2S. The number of amides is 1. The fourth-order valence-corrected chi connectivity index (χ4v) is 2.69. The molecule has 1 N–H and O–H groups in total. The highest BCUT2D eigenvalue weighted by molar-refractivity contribution is 7.09. The summed E-state index contributed by atoms with van der Waals surface area (Å²) in [6.07, 6.45) is 2.41. The number of hydrogen-bond donors (Lipinski definition) is 1. The van der Waals surface area contributed by atoms with E-state index in [4.69, 9.17) is 0 Å². The van der Waals surface area contributed by atoms with Crippen LogP contribution < -0.4 is 10.9 Å². The lowest BCUT2D eigenvalue weighted by Gasteiger charge is -2.13. The highest BCUT2D eigenvalue weighted by Crippen LogP contribution is 2.11. The summed E-state index contributed by atoms with van der Waals surface area (Å²) in [7, 11) is 1.63. The second-order valence-electron chi connectivity index (χ2n) is 4.50. The molecule has 2 aromatic rings. The van der Waals surface area contributed by atoms with Crippen LogP contribution in [-0.2, 0) is 13.5 Å². The van der Waals surface area contributed by atoms with Gasteiger partial charge in [0.05, 0.1) is 0 Å². The van der Waals surface area contributed by atoms with Crippen molar-refractivity contribution in [1.82, 2.24) is 9.88 Å². The SMILES string of the molecule is CC(Cc1cccs1)NC(=O)c1cccn(C)c1=O. The maximum atomic E-state index is 12.0. The average molecular weight is 276 g/mol. The number of pyridine rings is 1. The number of nitrogens with one attached hydrogen (secondary N) is 1. The number of carbonyl (C=O) groups excluding carboxylic acids is 1. The quantitative estimate of drug-likeness (QED) is 0.926. The van der Waals surface area contributed by atoms with E-state index in [1.54, 1.807) is 36.7 Å². The molecule has 2 aromatic heterocycles. The molecule has 0 saturated heterocycles. The Morgan fingerprint density at radius 1 is 1.42 bits per heavy atom. The number of nitrogens with zero attached hydrogens (tertiary/aromatic N) is 1. The maximum Gasteiger partial charge on any atom is 0.263 e. The zero-order valence-electron chi connectivity index (χ0n) is 10.9. The van der Waals surface area contributed by atoms with Crippen molar-refractivity contribution in [3.8, 4) is 0 Å². The Labute approximate surface area is 115 Å². The molecule has 5 heteroatoms. The van der Waals surface area contributed by atoms with Crippen molar-refractivity contribution in [2.24, 2.45) is 7.05 Å². The highest BCUT2D eigenvalue weighted by Gasteiger charge is 2.14. The Bertz CT molecular complexity index is 617. The number of aromatic nitrogens is 1. The molecule has 0 aliphatic heterocycles. The van der Waals surface area contributed by atoms with Crippen LogP contribution in [0.5, 0.6) is 0 Å². The van der Waals surface area contributed by atoms with Gasteiger partial charge in [-0.2, -0.15) is 0 Å². The van der Waals surface area contributed by atoms with Gasteiger partial charge in [-0.25, -0.2) is 0 Å². The van der Waals surface area contributed by atoms with Gasteiger partial charge in [-0.15, -0.1) is 11.3 Å². The van der Waals surface area contributed by atoms with Crippen molar-refractivity contribution in [2.75, 3.05) is 0 Å². The van der Waals surface area contributed by atoms with E-state index in [-0.39, 0.29) is 23.1 Å². The molecule has 1 amide bonds. The van der Waals surface area contributed by atoms with E-state index < -0.39 is 0 Å². The molecule has 0 spiro atoms. The molecule has 0 radical (unpaired) electrons. The molecule has 2 heterocycles. The van der Waals surface area contributed by atoms with Crippen molar-refractivity contribution in [2.45, 2.75) is 19.4 Å². The van der Waals surface area contributed by atoms with E-state index >= 15 is 0 Å². The minimum atomic E-state index is -0.315. The third-order valence-corrected chi connectivity index (χ3v) is 3.73. The first-order valence-corrected chi connectivity index (χ1v) is 6.95. The van der Waals surface area contributed by atoms with Gasteiger partial charge in [0, 0.05) is 30.6 Å². The molecule has 0 saturated carbocycles. The summed E-state index contributed by atoms with van der Waals surface area (Å²) < 4.78 is 1.40. The Kier molecular flexibility index (Phi) is 4.16. The summed E-state index contributed by atoms with van der Waals surface area (Å²) in [4.78, 5) is 25.1. The molecule has 100 valence electrons. The van der Waals surface area contributed by atoms with Gasteiger partial charge in [0.15, 0.2) is 0 Å². The minimum Gasteiger partial charge on any atom is -0.349 e. The largest absolute Gasteiger partial charge is 0.349 e. The summed E-state index contributed by atoms with van der Waals surface area (Å²) in [5.74, 6) is -0.315. The molecule has 4 nitrogen and oxygen atoms in total. The fraction of sp³-hybridized carbons (Fsp3) is 0.286. The lowest BCUT2D eigenvalue weighted by molar-refractivity contribution is 0.0938. The van der Waals surface area contributed by atoms with Crippen LogP contribution in [-0.4, -0.2) is 16.5 Å². The molecule has 0 aliphatic carbocycles. The molecular weight excluding hydrogens is 260 g/mol. The molecule has 1 unspecified atom stereocenters. The first-order chi connectivity index (χ1) is 9.08. The number of hydrogen-bond acceptors (Lipinski definition) is 3. The predicted molar refractivity (Wildman–Crippen MR) is 76.6 cm³/mol. The van der Waals surface area contributed by atoms with Crippen molar-refractivity contribution >= 4 is 17.2 Å². The lowest BCUT2D eigenvalue weighted by Crippen LogP contribution is -2.37. The molecule has 0 fully saturated rings. The smallest absolute Gasteiger partial charge is 0.263 e. The van der Waals surface area contributed by atoms with Gasteiger partial charge in [0.25, 0.3) is 11.5 Å². The van der Waals surface area contributed by atoms with Crippen LogP contribution in [0.4, 0.5) is 0 Å². The van der Waals surface area contributed by atoms with Crippen LogP contribution in [0.2, 0.25) is 0 Å². The van der Waals surface area contributed by atoms with Crippen molar-refractivity contribution in [3.05, 3.63) is 56.6 Å². The predicted octanol–water partition coefficient (Wildman–Crippen LogP) is 1.81. The molecule has 2 rings (SSSR count). The molecule has 0 aliphatic rings. The van der Waals surface area contributed by atoms with Gasteiger partial charge in [0.2, 0.25) is 0 Å². The maximum absolute atomic E-state index is 12.0. The zero-order valence-corrected chi connectivity index (χ0v) is 11.7. The standard InChI is InChI=1S/C14H16N2O2S/c1-10(9-11-5-4-8-19-11)15-13(17)12-6-3-7-16(2)14(12)18/h3-8,10H,9H2,1-2H3,(H,15,17). The molecule has 0 aromatic carbocycles. The van der Waals surface area contributed by atoms with Crippen LogP contribution in [0.3, 0.4) is 0 Å². The monoisotopic (exact) mass is 276 g/mol. The Morgan fingerprint density at radius 3 is 2.89 bits per heavy atom. The van der Waals surface area contributed by atoms with E-state index in [1.807, 2.05) is 24.4 Å². The second kappa shape index (κ2) is 5.84. The van der Waals surface area contributed by atoms with Crippen LogP contribution >= 0.6 is 11.3 Å². The normalized spacial score (nSPS) is 12.1. The summed E-state index contributed by atoms with van der Waals surface area (Å²) in [6.45, 7) is 1.94. The topological polar surface area (TPSA) is 51.1 Å². The van der Waals surface area contributed by atoms with Crippen molar-refractivity contribution in [3.63, 3.8) is 0 Å². The van der Waals surface area contributed by atoms with E-state index in [9.17, 15) is 9.59 Å². The Hall–Kier alpha value is -1.88. The van der Waals surface area contributed by atoms with E-state index in [0.717, 1.165) is 6.42 Å². The first kappa shape index (κ1) is 13.5. The van der Waals surface area contributed by atoms with Crippen molar-refractivity contribution < 1.29 is 4.79 Å². The zero-order chi connectivity index (χ0) is 13.8. The first-order valence-electron chi connectivity index (χ1n) is 6.07. The van der Waals surface area contributed by atoms with Gasteiger partial charge >= 0.3 is 0 Å². The van der Waals surface area contributed by atoms with Gasteiger partial charge in [0.1, 0.15) is 5.56 Å². The van der Waals surface area contributed by atoms with Crippen LogP contribution in [0.15, 0.2) is 40.6 Å². The number of aryl methyl sites for hydroxylation is 1. The van der Waals surface area contributed by atoms with Crippen LogP contribution in [0, 0.1) is 0 Å². The van der Waals surface area contributed by atoms with Gasteiger partial charge in [-0.3, -0.25) is 9.59 Å². The van der Waals surface area contributed by atoms with Crippen molar-refractivity contribution in [1.29, 1.82) is 0 Å². The third kappa shape index (κ3) is 3.32. The van der Waals surface area contributed by atoms with Crippen LogP contribution in [0.25, 0.3) is 0 Å². The van der Waals surface area contributed by atoms with Gasteiger partial charge in [-0.1, -0.05) is 6.07 Å². The molecule has 1 atom stereocenters.